The summed E-state index contributed by atoms with van der Waals surface area (Å²) < 4.78 is 0. The molecule has 1 aliphatic rings. The van der Waals surface area contributed by atoms with Crippen LogP contribution in [0.2, 0.25) is 0 Å². The second kappa shape index (κ2) is 16.8. The normalized spacial score (nSPS) is 12.9. The van der Waals surface area contributed by atoms with E-state index in [2.05, 4.69) is 281 Å². The minimum atomic E-state index is -2.91. The Labute approximate surface area is 387 Å². The Hall–Kier alpha value is -7.15. The summed E-state index contributed by atoms with van der Waals surface area (Å²) >= 11 is 0. The highest BCUT2D eigenvalue weighted by atomic mass is 28.3. The predicted molar refractivity (Wildman–Crippen MR) is 286 cm³/mol. The maximum absolute atomic E-state index is 2.91. The molecule has 0 spiro atoms. The van der Waals surface area contributed by atoms with Crippen LogP contribution in [0.4, 0.5) is 0 Å². The molecule has 0 bridgehead atoms. The van der Waals surface area contributed by atoms with Gasteiger partial charge in [0.15, 0.2) is 24.2 Å². The summed E-state index contributed by atoms with van der Waals surface area (Å²) in [7, 11) is -8.71. The van der Waals surface area contributed by atoms with Crippen molar-refractivity contribution in [3.8, 4) is 11.1 Å². The predicted octanol–water partition coefficient (Wildman–Crippen LogP) is 6.42. The number of benzene rings is 10. The molecule has 0 N–H and O–H groups in total. The Balaban J connectivity index is 1.32. The van der Waals surface area contributed by atoms with Gasteiger partial charge in [0.1, 0.15) is 0 Å². The quantitative estimate of drug-likeness (QED) is 0.110. The zero-order valence-electron chi connectivity index (χ0n) is 36.9. The lowest BCUT2D eigenvalue weighted by atomic mass is 10.0. The molecule has 0 nitrogen and oxygen atoms in total. The van der Waals surface area contributed by atoms with E-state index in [-0.39, 0.29) is 0 Å². The van der Waals surface area contributed by atoms with E-state index in [1.165, 1.54) is 84.5 Å². The first-order valence-corrected chi connectivity index (χ1v) is 28.8. The lowest BCUT2D eigenvalue weighted by Crippen LogP contribution is -2.76. The topological polar surface area (TPSA) is 0 Å². The molecule has 1 heterocycles. The van der Waals surface area contributed by atoms with Gasteiger partial charge in [-0.25, -0.2) is 0 Å². The van der Waals surface area contributed by atoms with Crippen molar-refractivity contribution in [3.63, 3.8) is 0 Å². The largest absolute Gasteiger partial charge is 0.180 e. The number of rotatable bonds is 10. The first kappa shape index (κ1) is 40.6. The lowest BCUT2D eigenvalue weighted by molar-refractivity contribution is 1.51. The summed E-state index contributed by atoms with van der Waals surface area (Å²) in [6.45, 7) is 4.80. The van der Waals surface area contributed by atoms with Crippen LogP contribution >= 0.6 is 0 Å². The van der Waals surface area contributed by atoms with Gasteiger partial charge in [0.2, 0.25) is 0 Å². The van der Waals surface area contributed by atoms with E-state index in [9.17, 15) is 0 Å². The van der Waals surface area contributed by atoms with Crippen molar-refractivity contribution in [3.05, 3.63) is 278 Å². The standard InChI is InChI=1S/C62H50Si3/c1-47-43-61-57(45-59(47)63(49-27-11-3-12-28-49,50-29-13-4-14-30-50)51-31-15-5-16-32-51)58-46-60(48(2)44-62(58)65(61,55-39-23-9-24-40-55)56-41-25-10-26-42-56)64(52-33-17-6-18-34-52,53-35-19-7-20-36-53)54-37-21-8-22-38-54/h3-46H,1-2H3. The summed E-state index contributed by atoms with van der Waals surface area (Å²) in [4.78, 5) is 0. The molecule has 0 fully saturated rings. The van der Waals surface area contributed by atoms with Crippen LogP contribution in [0.3, 0.4) is 0 Å². The summed E-state index contributed by atoms with van der Waals surface area (Å²) in [5.74, 6) is 0. The summed E-state index contributed by atoms with van der Waals surface area (Å²) in [5.41, 5.74) is 5.44. The van der Waals surface area contributed by atoms with Crippen LogP contribution < -0.4 is 62.2 Å². The molecule has 0 saturated carbocycles. The average Bonchev–Trinajstić information content (AvgIpc) is 3.65. The monoisotopic (exact) mass is 878 g/mol. The van der Waals surface area contributed by atoms with Gasteiger partial charge in [-0.1, -0.05) is 278 Å². The molecule has 3 heteroatoms. The van der Waals surface area contributed by atoms with Crippen molar-refractivity contribution in [2.45, 2.75) is 13.8 Å². The van der Waals surface area contributed by atoms with Crippen molar-refractivity contribution >= 4 is 86.5 Å². The van der Waals surface area contributed by atoms with Crippen LogP contribution in [0.25, 0.3) is 11.1 Å². The Morgan fingerprint density at radius 2 is 0.477 bits per heavy atom. The lowest BCUT2D eigenvalue weighted by Gasteiger charge is -2.37. The van der Waals surface area contributed by atoms with Crippen molar-refractivity contribution < 1.29 is 0 Å². The smallest absolute Gasteiger partial charge is 0.0623 e. The number of aryl methyl sites for hydroxylation is 2. The van der Waals surface area contributed by atoms with Gasteiger partial charge in [-0.3, -0.25) is 0 Å². The summed E-state index contributed by atoms with van der Waals surface area (Å²) in [5, 5.41) is 17.0. The molecule has 0 aromatic heterocycles. The highest BCUT2D eigenvalue weighted by Gasteiger charge is 2.52. The van der Waals surface area contributed by atoms with Gasteiger partial charge in [0.25, 0.3) is 0 Å². The van der Waals surface area contributed by atoms with Crippen LogP contribution in [-0.2, 0) is 0 Å². The van der Waals surface area contributed by atoms with Gasteiger partial charge in [-0.2, -0.15) is 0 Å². The second-order valence-corrected chi connectivity index (χ2v) is 28.9. The van der Waals surface area contributed by atoms with E-state index < -0.39 is 24.2 Å². The van der Waals surface area contributed by atoms with Crippen LogP contribution in [0, 0.1) is 13.8 Å². The minimum absolute atomic E-state index is 1.35. The van der Waals surface area contributed by atoms with Crippen LogP contribution in [0.15, 0.2) is 267 Å². The molecular weight excluding hydrogens is 829 g/mol. The van der Waals surface area contributed by atoms with E-state index in [0.717, 1.165) is 0 Å². The maximum atomic E-state index is 2.69. The van der Waals surface area contributed by atoms with Gasteiger partial charge in [0.05, 0.1) is 0 Å². The zero-order chi connectivity index (χ0) is 43.9. The first-order chi connectivity index (χ1) is 32.1. The van der Waals surface area contributed by atoms with Gasteiger partial charge < -0.3 is 0 Å². The highest BCUT2D eigenvalue weighted by molar-refractivity contribution is 7.23. The van der Waals surface area contributed by atoms with Crippen LogP contribution in [0.5, 0.6) is 0 Å². The van der Waals surface area contributed by atoms with Crippen molar-refractivity contribution in [1.29, 1.82) is 0 Å². The molecule has 0 amide bonds. The van der Waals surface area contributed by atoms with Crippen molar-refractivity contribution in [2.75, 3.05) is 0 Å². The Morgan fingerprint density at radius 1 is 0.262 bits per heavy atom. The molecule has 0 aliphatic carbocycles. The Kier molecular flexibility index (Phi) is 10.5. The molecule has 11 rings (SSSR count). The number of fused-ring (bicyclic) bond motifs is 3. The molecule has 10 aromatic carbocycles. The van der Waals surface area contributed by atoms with Gasteiger partial charge in [-0.15, -0.1) is 0 Å². The van der Waals surface area contributed by atoms with Crippen LogP contribution in [0.1, 0.15) is 11.1 Å². The van der Waals surface area contributed by atoms with E-state index in [0.29, 0.717) is 0 Å². The van der Waals surface area contributed by atoms with Gasteiger partial charge in [0, 0.05) is 0 Å². The minimum Gasteiger partial charge on any atom is -0.0623 e. The Morgan fingerprint density at radius 3 is 0.708 bits per heavy atom. The Bertz CT molecular complexity index is 2810. The average molecular weight is 879 g/mol. The third kappa shape index (κ3) is 6.29. The van der Waals surface area contributed by atoms with E-state index in [1.807, 2.05) is 0 Å². The van der Waals surface area contributed by atoms with Crippen molar-refractivity contribution in [1.82, 2.24) is 0 Å². The second-order valence-electron chi connectivity index (χ2n) is 17.6. The highest BCUT2D eigenvalue weighted by Crippen LogP contribution is 2.31. The molecule has 10 aromatic rings. The maximum Gasteiger partial charge on any atom is 0.180 e. The summed E-state index contributed by atoms with van der Waals surface area (Å²) in [6.07, 6.45) is 0. The third-order valence-corrected chi connectivity index (χ3v) is 29.0. The molecule has 0 radical (unpaired) electrons. The van der Waals surface area contributed by atoms with E-state index in [1.54, 1.807) is 0 Å². The fraction of sp³-hybridized carbons (Fsp3) is 0.0323. The van der Waals surface area contributed by atoms with Crippen LogP contribution in [-0.4, -0.2) is 24.2 Å². The first-order valence-electron chi connectivity index (χ1n) is 22.8. The van der Waals surface area contributed by atoms with E-state index in [4.69, 9.17) is 0 Å². The molecule has 65 heavy (non-hydrogen) atoms. The fourth-order valence-electron chi connectivity index (χ4n) is 11.7. The molecule has 0 saturated heterocycles. The molecule has 0 unspecified atom stereocenters. The molecule has 1 aliphatic heterocycles. The SMILES string of the molecule is Cc1cc2c(cc1[Si](c1ccccc1)(c1ccccc1)c1ccccc1)-c1cc([Si](c3ccccc3)(c3ccccc3)c3ccccc3)c(C)cc1[Si]2(c1ccccc1)c1ccccc1. The zero-order valence-corrected chi connectivity index (χ0v) is 39.9. The van der Waals surface area contributed by atoms with E-state index >= 15 is 0 Å². The summed E-state index contributed by atoms with van der Waals surface area (Å²) in [6, 6.07) is 102. The van der Waals surface area contributed by atoms with Crippen molar-refractivity contribution in [2.24, 2.45) is 0 Å². The molecule has 0 atom stereocenters. The number of hydrogen-bond acceptors (Lipinski definition) is 0. The molecule has 310 valence electrons. The third-order valence-electron chi connectivity index (χ3n) is 14.3. The number of hydrogen-bond donors (Lipinski definition) is 0. The fourth-order valence-corrected chi connectivity index (χ4v) is 27.1. The van der Waals surface area contributed by atoms with Gasteiger partial charge in [-0.05, 0) is 87.2 Å². The van der Waals surface area contributed by atoms with Gasteiger partial charge >= 0.3 is 0 Å². The molecular formula is C62H50Si3.